The van der Waals surface area contributed by atoms with Gasteiger partial charge in [0.1, 0.15) is 5.75 Å². The number of hydrogen-bond acceptors (Lipinski definition) is 4. The van der Waals surface area contributed by atoms with Crippen molar-refractivity contribution in [3.8, 4) is 5.75 Å². The number of nitrogens with zero attached hydrogens (tertiary/aromatic N) is 1. The molecule has 0 saturated heterocycles. The maximum atomic E-state index is 11.6. The third-order valence-corrected chi connectivity index (χ3v) is 4.01. The highest BCUT2D eigenvalue weighted by Crippen LogP contribution is 2.22. The first-order valence-corrected chi connectivity index (χ1v) is 6.80. The van der Waals surface area contributed by atoms with Crippen LogP contribution in [0.25, 0.3) is 0 Å². The SMILES string of the molecule is CN(C)S(=O)(=O)Oc1ccc2c(c1)CNCC2. The average Bonchev–Trinajstić information content (AvgIpc) is 2.28. The molecular formula is C11H16N2O3S. The van der Waals surface area contributed by atoms with Crippen molar-refractivity contribution in [3.05, 3.63) is 29.3 Å². The van der Waals surface area contributed by atoms with Crippen molar-refractivity contribution < 1.29 is 12.6 Å². The van der Waals surface area contributed by atoms with Crippen LogP contribution in [-0.2, 0) is 23.3 Å². The molecule has 1 aliphatic heterocycles. The quantitative estimate of drug-likeness (QED) is 0.856. The molecule has 0 bridgehead atoms. The van der Waals surface area contributed by atoms with E-state index in [0.717, 1.165) is 29.4 Å². The summed E-state index contributed by atoms with van der Waals surface area (Å²) in [5.41, 5.74) is 2.35. The summed E-state index contributed by atoms with van der Waals surface area (Å²) in [6.45, 7) is 1.72. The fraction of sp³-hybridized carbons (Fsp3) is 0.455. The van der Waals surface area contributed by atoms with Gasteiger partial charge >= 0.3 is 10.3 Å². The Morgan fingerprint density at radius 3 is 2.76 bits per heavy atom. The zero-order chi connectivity index (χ0) is 12.5. The van der Waals surface area contributed by atoms with E-state index in [1.165, 1.54) is 19.7 Å². The number of benzene rings is 1. The molecule has 0 aliphatic carbocycles. The van der Waals surface area contributed by atoms with E-state index in [2.05, 4.69) is 5.32 Å². The van der Waals surface area contributed by atoms with Crippen LogP contribution in [-0.4, -0.2) is 33.4 Å². The molecule has 0 aromatic heterocycles. The van der Waals surface area contributed by atoms with Gasteiger partial charge in [0, 0.05) is 20.6 Å². The van der Waals surface area contributed by atoms with E-state index in [1.54, 1.807) is 12.1 Å². The van der Waals surface area contributed by atoms with E-state index in [4.69, 9.17) is 4.18 Å². The van der Waals surface area contributed by atoms with Gasteiger partial charge in [0.25, 0.3) is 0 Å². The lowest BCUT2D eigenvalue weighted by Gasteiger charge is -2.18. The summed E-state index contributed by atoms with van der Waals surface area (Å²) < 4.78 is 29.2. The second-order valence-electron chi connectivity index (χ2n) is 4.18. The first-order chi connectivity index (χ1) is 7.99. The van der Waals surface area contributed by atoms with Crippen LogP contribution in [0.15, 0.2) is 18.2 Å². The Morgan fingerprint density at radius 2 is 2.06 bits per heavy atom. The number of fused-ring (bicyclic) bond motifs is 1. The molecule has 1 aliphatic rings. The van der Waals surface area contributed by atoms with Gasteiger partial charge in [0.05, 0.1) is 0 Å². The molecule has 0 amide bonds. The summed E-state index contributed by atoms with van der Waals surface area (Å²) >= 11 is 0. The Morgan fingerprint density at radius 1 is 1.29 bits per heavy atom. The first-order valence-electron chi connectivity index (χ1n) is 5.43. The van der Waals surface area contributed by atoms with Gasteiger partial charge in [0.2, 0.25) is 0 Å². The third-order valence-electron chi connectivity index (χ3n) is 2.71. The molecule has 1 N–H and O–H groups in total. The second kappa shape index (κ2) is 4.64. The minimum Gasteiger partial charge on any atom is -0.371 e. The molecular weight excluding hydrogens is 240 g/mol. The summed E-state index contributed by atoms with van der Waals surface area (Å²) in [7, 11) is -0.785. The van der Waals surface area contributed by atoms with E-state index >= 15 is 0 Å². The molecule has 5 nitrogen and oxygen atoms in total. The minimum absolute atomic E-state index is 0.362. The van der Waals surface area contributed by atoms with Gasteiger partial charge in [-0.2, -0.15) is 12.7 Å². The van der Waals surface area contributed by atoms with Crippen molar-refractivity contribution in [2.75, 3.05) is 20.6 Å². The Labute approximate surface area is 102 Å². The van der Waals surface area contributed by atoms with E-state index in [-0.39, 0.29) is 0 Å². The minimum atomic E-state index is -3.66. The Kier molecular flexibility index (Phi) is 3.37. The fourth-order valence-corrected chi connectivity index (χ4v) is 2.20. The van der Waals surface area contributed by atoms with Crippen molar-refractivity contribution in [2.24, 2.45) is 0 Å². The molecule has 0 fully saturated rings. The standard InChI is InChI=1S/C11H16N2O3S/c1-13(2)17(14,15)16-11-4-3-9-5-6-12-8-10(9)7-11/h3-4,7,12H,5-6,8H2,1-2H3. The topological polar surface area (TPSA) is 58.6 Å². The predicted octanol–water partition coefficient (Wildman–Crippen LogP) is 0.518. The maximum absolute atomic E-state index is 11.6. The van der Waals surface area contributed by atoms with Crippen LogP contribution in [0.1, 0.15) is 11.1 Å². The highest BCUT2D eigenvalue weighted by Gasteiger charge is 2.17. The van der Waals surface area contributed by atoms with Crippen LogP contribution in [0.2, 0.25) is 0 Å². The average molecular weight is 256 g/mol. The van der Waals surface area contributed by atoms with Gasteiger partial charge in [-0.25, -0.2) is 0 Å². The summed E-state index contributed by atoms with van der Waals surface area (Å²) in [4.78, 5) is 0. The molecule has 1 aromatic rings. The summed E-state index contributed by atoms with van der Waals surface area (Å²) in [6.07, 6.45) is 0.968. The summed E-state index contributed by atoms with van der Waals surface area (Å²) in [5, 5.41) is 3.24. The zero-order valence-corrected chi connectivity index (χ0v) is 10.8. The van der Waals surface area contributed by atoms with Crippen molar-refractivity contribution >= 4 is 10.3 Å². The first kappa shape index (κ1) is 12.3. The maximum Gasteiger partial charge on any atom is 0.384 e. The highest BCUT2D eigenvalue weighted by molar-refractivity contribution is 7.84. The molecule has 0 saturated carbocycles. The number of rotatable bonds is 3. The lowest BCUT2D eigenvalue weighted by molar-refractivity contribution is 0.421. The van der Waals surface area contributed by atoms with Crippen molar-refractivity contribution in [2.45, 2.75) is 13.0 Å². The molecule has 6 heteroatoms. The molecule has 1 aromatic carbocycles. The smallest absolute Gasteiger partial charge is 0.371 e. The molecule has 0 spiro atoms. The molecule has 2 rings (SSSR count). The molecule has 1 heterocycles. The van der Waals surface area contributed by atoms with Gasteiger partial charge < -0.3 is 9.50 Å². The van der Waals surface area contributed by atoms with Crippen LogP contribution in [0.5, 0.6) is 5.75 Å². The van der Waals surface area contributed by atoms with Crippen molar-refractivity contribution in [1.29, 1.82) is 0 Å². The van der Waals surface area contributed by atoms with Crippen LogP contribution >= 0.6 is 0 Å². The Hall–Kier alpha value is -1.11. The molecule has 0 atom stereocenters. The van der Waals surface area contributed by atoms with Crippen molar-refractivity contribution in [3.63, 3.8) is 0 Å². The van der Waals surface area contributed by atoms with E-state index in [0.29, 0.717) is 5.75 Å². The Balaban J connectivity index is 2.23. The van der Waals surface area contributed by atoms with Crippen molar-refractivity contribution in [1.82, 2.24) is 9.62 Å². The van der Waals surface area contributed by atoms with Crippen LogP contribution < -0.4 is 9.50 Å². The number of nitrogens with one attached hydrogen (secondary N) is 1. The lowest BCUT2D eigenvalue weighted by Crippen LogP contribution is -2.27. The molecule has 17 heavy (non-hydrogen) atoms. The van der Waals surface area contributed by atoms with E-state index in [1.807, 2.05) is 6.07 Å². The van der Waals surface area contributed by atoms with Gasteiger partial charge in [0.15, 0.2) is 0 Å². The summed E-state index contributed by atoms with van der Waals surface area (Å²) in [5.74, 6) is 0.362. The molecule has 0 unspecified atom stereocenters. The monoisotopic (exact) mass is 256 g/mol. The zero-order valence-electron chi connectivity index (χ0n) is 9.93. The van der Waals surface area contributed by atoms with Crippen LogP contribution in [0, 0.1) is 0 Å². The fourth-order valence-electron chi connectivity index (χ4n) is 1.70. The van der Waals surface area contributed by atoms with Crippen LogP contribution in [0.3, 0.4) is 0 Å². The highest BCUT2D eigenvalue weighted by atomic mass is 32.2. The van der Waals surface area contributed by atoms with Gasteiger partial charge in [-0.3, -0.25) is 0 Å². The largest absolute Gasteiger partial charge is 0.384 e. The molecule has 94 valence electrons. The van der Waals surface area contributed by atoms with E-state index in [9.17, 15) is 8.42 Å². The Bertz CT molecular complexity index is 511. The lowest BCUT2D eigenvalue weighted by atomic mass is 10.0. The van der Waals surface area contributed by atoms with Gasteiger partial charge in [-0.1, -0.05) is 6.07 Å². The van der Waals surface area contributed by atoms with Gasteiger partial charge in [-0.15, -0.1) is 0 Å². The van der Waals surface area contributed by atoms with Crippen LogP contribution in [0.4, 0.5) is 0 Å². The normalized spacial score (nSPS) is 15.7. The van der Waals surface area contributed by atoms with Gasteiger partial charge in [-0.05, 0) is 36.2 Å². The summed E-state index contributed by atoms with van der Waals surface area (Å²) in [6, 6.07) is 5.41. The second-order valence-corrected chi connectivity index (χ2v) is 5.93. The van der Waals surface area contributed by atoms with E-state index < -0.39 is 10.3 Å². The predicted molar refractivity (Wildman–Crippen MR) is 65.1 cm³/mol. The third kappa shape index (κ3) is 2.77. The number of hydrogen-bond donors (Lipinski definition) is 1. The molecule has 0 radical (unpaired) electrons.